The van der Waals surface area contributed by atoms with Gasteiger partial charge in [0.05, 0.1) is 4.90 Å². The SMILES string of the molecule is CCNC(=S)N(Cc1ccc(S(N)(=O)=O)cc1)CC(F)(F)F. The van der Waals surface area contributed by atoms with Crippen LogP contribution in [0.1, 0.15) is 12.5 Å². The molecule has 0 aliphatic carbocycles. The Morgan fingerprint density at radius 2 is 1.86 bits per heavy atom. The highest BCUT2D eigenvalue weighted by atomic mass is 32.2. The van der Waals surface area contributed by atoms with Crippen molar-refractivity contribution in [2.24, 2.45) is 5.14 Å². The summed E-state index contributed by atoms with van der Waals surface area (Å²) in [4.78, 5) is 0.859. The molecule has 0 fully saturated rings. The molecule has 10 heteroatoms. The van der Waals surface area contributed by atoms with E-state index >= 15 is 0 Å². The summed E-state index contributed by atoms with van der Waals surface area (Å²) in [6.07, 6.45) is -4.40. The van der Waals surface area contributed by atoms with Crippen molar-refractivity contribution in [3.8, 4) is 0 Å². The molecule has 0 saturated heterocycles. The number of rotatable bonds is 5. The summed E-state index contributed by atoms with van der Waals surface area (Å²) in [6.45, 7) is 0.822. The quantitative estimate of drug-likeness (QED) is 0.785. The Kier molecular flexibility index (Phi) is 6.15. The molecule has 1 aromatic rings. The Hall–Kier alpha value is -1.39. The van der Waals surface area contributed by atoms with E-state index in [4.69, 9.17) is 17.4 Å². The lowest BCUT2D eigenvalue weighted by molar-refractivity contribution is -0.138. The number of thiocarbonyl (C=S) groups is 1. The standard InChI is InChI=1S/C12H16F3N3O2S2/c1-2-17-11(21)18(8-12(13,14)15)7-9-3-5-10(6-4-9)22(16,19)20/h3-6H,2,7-8H2,1H3,(H,17,21)(H2,16,19,20). The highest BCUT2D eigenvalue weighted by Crippen LogP contribution is 2.19. The summed E-state index contributed by atoms with van der Waals surface area (Å²) in [5, 5.41) is 7.61. The summed E-state index contributed by atoms with van der Waals surface area (Å²) < 4.78 is 60.1. The molecule has 0 bridgehead atoms. The predicted octanol–water partition coefficient (Wildman–Crippen LogP) is 1.59. The Morgan fingerprint density at radius 3 is 2.27 bits per heavy atom. The maximum atomic E-state index is 12.6. The van der Waals surface area contributed by atoms with Gasteiger partial charge < -0.3 is 10.2 Å². The maximum Gasteiger partial charge on any atom is 0.406 e. The van der Waals surface area contributed by atoms with Crippen LogP contribution in [0.15, 0.2) is 29.2 Å². The fourth-order valence-corrected chi connectivity index (χ4v) is 2.47. The van der Waals surface area contributed by atoms with Gasteiger partial charge in [0.15, 0.2) is 5.11 Å². The molecule has 0 unspecified atom stereocenters. The van der Waals surface area contributed by atoms with Crippen LogP contribution in [0, 0.1) is 0 Å². The number of alkyl halides is 3. The Morgan fingerprint density at radius 1 is 1.32 bits per heavy atom. The summed E-state index contributed by atoms with van der Waals surface area (Å²) in [7, 11) is -3.83. The van der Waals surface area contributed by atoms with Gasteiger partial charge in [-0.15, -0.1) is 0 Å². The van der Waals surface area contributed by atoms with Crippen LogP contribution in [0.4, 0.5) is 13.2 Å². The molecule has 3 N–H and O–H groups in total. The molecule has 1 aromatic carbocycles. The number of nitrogens with one attached hydrogen (secondary N) is 1. The van der Waals surface area contributed by atoms with E-state index in [0.717, 1.165) is 4.90 Å². The normalized spacial score (nSPS) is 12.0. The third-order valence-electron chi connectivity index (χ3n) is 2.61. The minimum absolute atomic E-state index is 0.0182. The molecule has 0 atom stereocenters. The molecule has 124 valence electrons. The van der Waals surface area contributed by atoms with E-state index in [1.54, 1.807) is 6.92 Å². The summed E-state index contributed by atoms with van der Waals surface area (Å²) >= 11 is 4.93. The molecule has 0 radical (unpaired) electrons. The topological polar surface area (TPSA) is 75.4 Å². The molecule has 0 aromatic heterocycles. The smallest absolute Gasteiger partial charge is 0.363 e. The van der Waals surface area contributed by atoms with E-state index in [1.165, 1.54) is 24.3 Å². The molecule has 0 aliphatic rings. The molecular formula is C12H16F3N3O2S2. The van der Waals surface area contributed by atoms with Gasteiger partial charge in [0.2, 0.25) is 10.0 Å². The van der Waals surface area contributed by atoms with Gasteiger partial charge in [0.25, 0.3) is 0 Å². The molecule has 22 heavy (non-hydrogen) atoms. The van der Waals surface area contributed by atoms with Crippen molar-refractivity contribution in [1.29, 1.82) is 0 Å². The van der Waals surface area contributed by atoms with Gasteiger partial charge in [0, 0.05) is 13.1 Å². The molecule has 5 nitrogen and oxygen atoms in total. The Bertz CT molecular complexity index is 615. The third kappa shape index (κ3) is 6.16. The second kappa shape index (κ2) is 7.25. The highest BCUT2D eigenvalue weighted by Gasteiger charge is 2.31. The van der Waals surface area contributed by atoms with Gasteiger partial charge in [-0.2, -0.15) is 13.2 Å². The summed E-state index contributed by atoms with van der Waals surface area (Å²) in [5.41, 5.74) is 0.483. The number of nitrogens with two attached hydrogens (primary N) is 1. The van der Waals surface area contributed by atoms with Gasteiger partial charge in [-0.3, -0.25) is 0 Å². The van der Waals surface area contributed by atoms with Crippen LogP contribution in [0.3, 0.4) is 0 Å². The summed E-state index contributed by atoms with van der Waals surface area (Å²) in [5.74, 6) is 0. The predicted molar refractivity (Wildman–Crippen MR) is 80.6 cm³/mol. The number of nitrogens with zero attached hydrogens (tertiary/aromatic N) is 1. The lowest BCUT2D eigenvalue weighted by atomic mass is 10.2. The average molecular weight is 355 g/mol. The molecule has 0 aliphatic heterocycles. The summed E-state index contributed by atoms with van der Waals surface area (Å²) in [6, 6.07) is 5.29. The van der Waals surface area contributed by atoms with Crippen molar-refractivity contribution in [2.75, 3.05) is 13.1 Å². The lowest BCUT2D eigenvalue weighted by Gasteiger charge is -2.26. The first-order valence-corrected chi connectivity index (χ1v) is 8.19. The first kappa shape index (κ1) is 18.7. The van der Waals surface area contributed by atoms with Crippen molar-refractivity contribution in [3.05, 3.63) is 29.8 Å². The van der Waals surface area contributed by atoms with E-state index in [2.05, 4.69) is 5.32 Å². The van der Waals surface area contributed by atoms with Gasteiger partial charge in [-0.1, -0.05) is 12.1 Å². The molecule has 0 heterocycles. The minimum atomic E-state index is -4.40. The van der Waals surface area contributed by atoms with Crippen LogP contribution >= 0.6 is 12.2 Å². The van der Waals surface area contributed by atoms with E-state index in [0.29, 0.717) is 12.1 Å². The van der Waals surface area contributed by atoms with Crippen LogP contribution in [0.5, 0.6) is 0 Å². The minimum Gasteiger partial charge on any atom is -0.363 e. The fourth-order valence-electron chi connectivity index (χ4n) is 1.68. The van der Waals surface area contributed by atoms with Crippen molar-refractivity contribution in [1.82, 2.24) is 10.2 Å². The Labute approximate surface area is 132 Å². The van der Waals surface area contributed by atoms with Crippen LogP contribution < -0.4 is 10.5 Å². The van der Waals surface area contributed by atoms with E-state index < -0.39 is 22.7 Å². The number of benzene rings is 1. The lowest BCUT2D eigenvalue weighted by Crippen LogP contribution is -2.44. The van der Waals surface area contributed by atoms with Gasteiger partial charge in [-0.05, 0) is 36.8 Å². The van der Waals surface area contributed by atoms with Crippen molar-refractivity contribution in [3.63, 3.8) is 0 Å². The monoisotopic (exact) mass is 355 g/mol. The number of sulfonamides is 1. The fraction of sp³-hybridized carbons (Fsp3) is 0.417. The maximum absolute atomic E-state index is 12.6. The number of primary sulfonamides is 1. The zero-order valence-corrected chi connectivity index (χ0v) is 13.4. The van der Waals surface area contributed by atoms with Crippen LogP contribution in [-0.2, 0) is 16.6 Å². The van der Waals surface area contributed by atoms with Crippen molar-refractivity contribution < 1.29 is 21.6 Å². The van der Waals surface area contributed by atoms with E-state index in [1.807, 2.05) is 0 Å². The van der Waals surface area contributed by atoms with Gasteiger partial charge in [0.1, 0.15) is 6.54 Å². The zero-order valence-electron chi connectivity index (χ0n) is 11.7. The Balaban J connectivity index is 2.91. The average Bonchev–Trinajstić information content (AvgIpc) is 2.36. The molecule has 0 amide bonds. The first-order valence-electron chi connectivity index (χ1n) is 6.24. The van der Waals surface area contributed by atoms with Crippen LogP contribution in [0.25, 0.3) is 0 Å². The van der Waals surface area contributed by atoms with Crippen molar-refractivity contribution >= 4 is 27.4 Å². The molecule has 0 spiro atoms. The second-order valence-corrected chi connectivity index (χ2v) is 6.44. The van der Waals surface area contributed by atoms with Gasteiger partial charge >= 0.3 is 6.18 Å². The van der Waals surface area contributed by atoms with Gasteiger partial charge in [-0.25, -0.2) is 13.6 Å². The number of hydrogen-bond donors (Lipinski definition) is 2. The largest absolute Gasteiger partial charge is 0.406 e. The zero-order chi connectivity index (χ0) is 17.0. The number of halogens is 3. The molecular weight excluding hydrogens is 339 g/mol. The number of hydrogen-bond acceptors (Lipinski definition) is 3. The molecule has 0 saturated carbocycles. The molecule has 1 rings (SSSR count). The van der Waals surface area contributed by atoms with Crippen molar-refractivity contribution in [2.45, 2.75) is 24.5 Å². The van der Waals surface area contributed by atoms with E-state index in [-0.39, 0.29) is 16.6 Å². The van der Waals surface area contributed by atoms with Crippen LogP contribution in [-0.4, -0.2) is 37.7 Å². The van der Waals surface area contributed by atoms with Crippen LogP contribution in [0.2, 0.25) is 0 Å². The first-order chi connectivity index (χ1) is 10.0. The third-order valence-corrected chi connectivity index (χ3v) is 3.94. The second-order valence-electron chi connectivity index (χ2n) is 4.50. The highest BCUT2D eigenvalue weighted by molar-refractivity contribution is 7.89. The van der Waals surface area contributed by atoms with E-state index in [9.17, 15) is 21.6 Å².